The molecule has 6 atom stereocenters. The summed E-state index contributed by atoms with van der Waals surface area (Å²) in [7, 11) is 0. The zero-order chi connectivity index (χ0) is 33.2. The predicted molar refractivity (Wildman–Crippen MR) is 181 cm³/mol. The smallest absolute Gasteiger partial charge is 0.338 e. The predicted octanol–water partition coefficient (Wildman–Crippen LogP) is 7.63. The fourth-order valence-electron chi connectivity index (χ4n) is 6.38. The molecule has 0 spiro atoms. The van der Waals surface area contributed by atoms with Gasteiger partial charge in [0.05, 0.1) is 0 Å². The first-order chi connectivity index (χ1) is 21.8. The average molecular weight is 645 g/mol. The molecule has 0 radical (unpaired) electrons. The van der Waals surface area contributed by atoms with Gasteiger partial charge in [0, 0.05) is 0 Å². The van der Waals surface area contributed by atoms with Gasteiger partial charge in [-0.05, 0) is 25.7 Å². The van der Waals surface area contributed by atoms with Gasteiger partial charge >= 0.3 is 5.97 Å². The lowest BCUT2D eigenvalue weighted by atomic mass is 9.89. The van der Waals surface area contributed by atoms with Crippen LogP contribution in [0.15, 0.2) is 0 Å². The lowest BCUT2D eigenvalue weighted by Gasteiger charge is -2.38. The summed E-state index contributed by atoms with van der Waals surface area (Å²) < 4.78 is 10.5. The van der Waals surface area contributed by atoms with Crippen molar-refractivity contribution in [2.45, 2.75) is 224 Å². The molecule has 1 fully saturated rings. The maximum absolute atomic E-state index is 13.1. The molecule has 1 aliphatic rings. The Balaban J connectivity index is 2.40. The van der Waals surface area contributed by atoms with Gasteiger partial charge in [0.25, 0.3) is 0 Å². The Morgan fingerprint density at radius 3 is 1.22 bits per heavy atom. The van der Waals surface area contributed by atoms with Crippen LogP contribution < -0.4 is 0 Å². The second-order valence-corrected chi connectivity index (χ2v) is 13.8. The van der Waals surface area contributed by atoms with E-state index in [1.807, 2.05) is 0 Å². The second-order valence-electron chi connectivity index (χ2n) is 13.8. The number of esters is 1. The van der Waals surface area contributed by atoms with Gasteiger partial charge in [-0.3, -0.25) is 0 Å². The van der Waals surface area contributed by atoms with Gasteiger partial charge in [0.2, 0.25) is 0 Å². The van der Waals surface area contributed by atoms with E-state index >= 15 is 0 Å². The molecule has 1 aliphatic heterocycles. The highest BCUT2D eigenvalue weighted by Crippen LogP contribution is 2.27. The Hall–Kier alpha value is -0.770. The molecule has 1 heterocycles. The minimum Gasteiger partial charge on any atom is -0.461 e. The van der Waals surface area contributed by atoms with Crippen molar-refractivity contribution < 1.29 is 39.8 Å². The number of rotatable bonds is 30. The highest BCUT2D eigenvalue weighted by Gasteiger charge is 2.44. The summed E-state index contributed by atoms with van der Waals surface area (Å²) >= 11 is 0. The van der Waals surface area contributed by atoms with Crippen molar-refractivity contribution in [1.82, 2.24) is 0 Å². The zero-order valence-electron chi connectivity index (χ0n) is 29.1. The molecular formula is C37H72O8. The highest BCUT2D eigenvalue weighted by atomic mass is 16.7. The second kappa shape index (κ2) is 27.2. The molecular weight excluding hydrogens is 572 g/mol. The van der Waals surface area contributed by atoms with Crippen molar-refractivity contribution in [3.05, 3.63) is 0 Å². The fraction of sp³-hybridized carbons (Fsp3) is 0.973. The SMILES string of the molecule is CCCCCCCCCCCCCCCC(O)(CCCCCCCCCCCCCC)C(=O)OCC1OC(O)C(O)C(O)C1O. The Labute approximate surface area is 275 Å². The standard InChI is InChI=1S/C37H72O8/c1-3-5-7-9-11-13-15-17-19-21-23-25-27-29-37(43,28-26-24-22-20-18-16-14-12-10-8-6-4-2)36(42)44-30-31-32(38)33(39)34(40)35(41)45-31/h31-35,38-41,43H,3-30H2,1-2H3. The summed E-state index contributed by atoms with van der Waals surface area (Å²) in [5.74, 6) is -0.754. The van der Waals surface area contributed by atoms with E-state index in [4.69, 9.17) is 9.47 Å². The number of hydrogen-bond donors (Lipinski definition) is 5. The number of aliphatic hydroxyl groups excluding tert-OH is 4. The first kappa shape index (κ1) is 42.3. The van der Waals surface area contributed by atoms with Crippen molar-refractivity contribution in [3.8, 4) is 0 Å². The minimum absolute atomic E-state index is 0.319. The van der Waals surface area contributed by atoms with E-state index in [-0.39, 0.29) is 0 Å². The van der Waals surface area contributed by atoms with Crippen molar-refractivity contribution in [2.75, 3.05) is 6.61 Å². The van der Waals surface area contributed by atoms with Gasteiger partial charge in [-0.1, -0.05) is 162 Å². The summed E-state index contributed by atoms with van der Waals surface area (Å²) in [6, 6.07) is 0. The van der Waals surface area contributed by atoms with Gasteiger partial charge < -0.3 is 35.0 Å². The molecule has 0 aromatic heterocycles. The van der Waals surface area contributed by atoms with Crippen molar-refractivity contribution in [3.63, 3.8) is 0 Å². The molecule has 0 saturated carbocycles. The molecule has 6 unspecified atom stereocenters. The van der Waals surface area contributed by atoms with Gasteiger partial charge in [-0.25, -0.2) is 4.79 Å². The molecule has 268 valence electrons. The first-order valence-electron chi connectivity index (χ1n) is 19.0. The lowest BCUT2D eigenvalue weighted by Crippen LogP contribution is -2.59. The van der Waals surface area contributed by atoms with Crippen LogP contribution in [0.4, 0.5) is 0 Å². The van der Waals surface area contributed by atoms with E-state index in [0.717, 1.165) is 38.5 Å². The van der Waals surface area contributed by atoms with Crippen LogP contribution in [0.5, 0.6) is 0 Å². The molecule has 0 bridgehead atoms. The summed E-state index contributed by atoms with van der Waals surface area (Å²) in [6.07, 6.45) is 23.1. The molecule has 0 amide bonds. The van der Waals surface area contributed by atoms with Crippen LogP contribution in [-0.4, -0.2) is 74.4 Å². The summed E-state index contributed by atoms with van der Waals surface area (Å²) in [5, 5.41) is 51.1. The molecule has 1 saturated heterocycles. The molecule has 5 N–H and O–H groups in total. The first-order valence-corrected chi connectivity index (χ1v) is 19.0. The van der Waals surface area contributed by atoms with E-state index < -0.39 is 48.9 Å². The highest BCUT2D eigenvalue weighted by molar-refractivity contribution is 5.79. The van der Waals surface area contributed by atoms with E-state index in [2.05, 4.69) is 13.8 Å². The number of hydrogen-bond acceptors (Lipinski definition) is 8. The molecule has 45 heavy (non-hydrogen) atoms. The third-order valence-corrected chi connectivity index (χ3v) is 9.58. The summed E-state index contributed by atoms with van der Waals surface area (Å²) in [6.45, 7) is 4.06. The van der Waals surface area contributed by atoms with E-state index in [1.54, 1.807) is 0 Å². The normalized spacial score (nSPS) is 23.2. The summed E-state index contributed by atoms with van der Waals surface area (Å²) in [5.41, 5.74) is -1.62. The Kier molecular flexibility index (Phi) is 25.5. The molecule has 0 aromatic rings. The molecule has 0 aliphatic carbocycles. The number of aliphatic hydroxyl groups is 5. The minimum atomic E-state index is -1.70. The van der Waals surface area contributed by atoms with E-state index in [9.17, 15) is 30.3 Å². The molecule has 1 rings (SSSR count). The van der Waals surface area contributed by atoms with Crippen molar-refractivity contribution in [1.29, 1.82) is 0 Å². The molecule has 8 heteroatoms. The van der Waals surface area contributed by atoms with Crippen LogP contribution in [0.2, 0.25) is 0 Å². The fourth-order valence-corrected chi connectivity index (χ4v) is 6.38. The topological polar surface area (TPSA) is 137 Å². The Morgan fingerprint density at radius 2 is 0.867 bits per heavy atom. The Morgan fingerprint density at radius 1 is 0.533 bits per heavy atom. The van der Waals surface area contributed by atoms with Gasteiger partial charge in [0.15, 0.2) is 11.9 Å². The van der Waals surface area contributed by atoms with Gasteiger partial charge in [-0.2, -0.15) is 0 Å². The Bertz CT molecular complexity index is 691. The van der Waals surface area contributed by atoms with Crippen LogP contribution in [0.3, 0.4) is 0 Å². The largest absolute Gasteiger partial charge is 0.461 e. The maximum Gasteiger partial charge on any atom is 0.338 e. The number of carbonyl (C=O) groups is 1. The van der Waals surface area contributed by atoms with Gasteiger partial charge in [0.1, 0.15) is 31.0 Å². The van der Waals surface area contributed by atoms with Gasteiger partial charge in [-0.15, -0.1) is 0 Å². The van der Waals surface area contributed by atoms with Crippen molar-refractivity contribution >= 4 is 5.97 Å². The maximum atomic E-state index is 13.1. The lowest BCUT2D eigenvalue weighted by molar-refractivity contribution is -0.288. The van der Waals surface area contributed by atoms with Crippen LogP contribution in [0.1, 0.15) is 187 Å². The van der Waals surface area contributed by atoms with Crippen LogP contribution in [-0.2, 0) is 14.3 Å². The number of carbonyl (C=O) groups excluding carboxylic acids is 1. The average Bonchev–Trinajstić information content (AvgIpc) is 3.03. The number of unbranched alkanes of at least 4 members (excludes halogenated alkanes) is 23. The summed E-state index contributed by atoms with van der Waals surface area (Å²) in [4.78, 5) is 13.1. The monoisotopic (exact) mass is 645 g/mol. The third-order valence-electron chi connectivity index (χ3n) is 9.58. The molecule has 0 aromatic carbocycles. The quantitative estimate of drug-likeness (QED) is 0.0398. The third kappa shape index (κ3) is 19.6. The van der Waals surface area contributed by atoms with Crippen LogP contribution in [0, 0.1) is 0 Å². The number of ether oxygens (including phenoxy) is 2. The molecule has 8 nitrogen and oxygen atoms in total. The zero-order valence-corrected chi connectivity index (χ0v) is 29.1. The van der Waals surface area contributed by atoms with Crippen LogP contribution >= 0.6 is 0 Å². The van der Waals surface area contributed by atoms with E-state index in [1.165, 1.54) is 122 Å². The van der Waals surface area contributed by atoms with Crippen LogP contribution in [0.25, 0.3) is 0 Å². The van der Waals surface area contributed by atoms with E-state index in [0.29, 0.717) is 12.8 Å². The van der Waals surface area contributed by atoms with Crippen molar-refractivity contribution in [2.24, 2.45) is 0 Å².